The minimum absolute atomic E-state index is 0.138. The van der Waals surface area contributed by atoms with Gasteiger partial charge in [-0.05, 0) is 0 Å². The maximum Gasteiger partial charge on any atom is 0.167 e. The number of nitrogens with zero attached hydrogens (tertiary/aromatic N) is 2. The van der Waals surface area contributed by atoms with E-state index >= 15 is 0 Å². The number of nitrogens with two attached hydrogens (primary N) is 1. The Morgan fingerprint density at radius 3 is 3.06 bits per heavy atom. The molecule has 1 aromatic rings. The Labute approximate surface area is 105 Å². The molecule has 1 unspecified atom stereocenters. The highest BCUT2D eigenvalue weighted by Crippen LogP contribution is 2.31. The van der Waals surface area contributed by atoms with Crippen LogP contribution in [-0.2, 0) is 4.74 Å². The summed E-state index contributed by atoms with van der Waals surface area (Å²) in [6.07, 6.45) is -0.491. The first-order valence-corrected chi connectivity index (χ1v) is 5.55. The van der Waals surface area contributed by atoms with Gasteiger partial charge in [-0.25, -0.2) is 4.39 Å². The Hall–Kier alpha value is -2.00. The summed E-state index contributed by atoms with van der Waals surface area (Å²) in [5.41, 5.74) is 6.79. The summed E-state index contributed by atoms with van der Waals surface area (Å²) < 4.78 is 23.6. The van der Waals surface area contributed by atoms with E-state index in [0.29, 0.717) is 31.1 Å². The van der Waals surface area contributed by atoms with Crippen LogP contribution in [0.2, 0.25) is 0 Å². The van der Waals surface area contributed by atoms with E-state index in [4.69, 9.17) is 20.5 Å². The van der Waals surface area contributed by atoms with Crippen molar-refractivity contribution in [2.75, 3.05) is 37.4 Å². The van der Waals surface area contributed by atoms with E-state index in [1.54, 1.807) is 6.07 Å². The summed E-state index contributed by atoms with van der Waals surface area (Å²) in [7, 11) is 1.40. The summed E-state index contributed by atoms with van der Waals surface area (Å²) in [5, 5.41) is 8.85. The van der Waals surface area contributed by atoms with Gasteiger partial charge in [-0.1, -0.05) is 0 Å². The predicted octanol–water partition coefficient (Wildman–Crippen LogP) is 1.15. The Kier molecular flexibility index (Phi) is 3.53. The highest BCUT2D eigenvalue weighted by molar-refractivity contribution is 5.70. The van der Waals surface area contributed by atoms with Crippen LogP contribution < -0.4 is 15.4 Å². The zero-order valence-electron chi connectivity index (χ0n) is 10.0. The quantitative estimate of drug-likeness (QED) is 0.798. The zero-order valence-corrected chi connectivity index (χ0v) is 10.0. The van der Waals surface area contributed by atoms with Crippen molar-refractivity contribution in [1.29, 1.82) is 5.26 Å². The van der Waals surface area contributed by atoms with Gasteiger partial charge in [-0.3, -0.25) is 0 Å². The minimum Gasteiger partial charge on any atom is -0.494 e. The molecule has 1 aliphatic rings. The van der Waals surface area contributed by atoms with Gasteiger partial charge in [0.2, 0.25) is 0 Å². The van der Waals surface area contributed by atoms with Crippen molar-refractivity contribution in [3.63, 3.8) is 0 Å². The van der Waals surface area contributed by atoms with Crippen molar-refractivity contribution in [1.82, 2.24) is 0 Å². The predicted molar refractivity (Wildman–Crippen MR) is 64.9 cm³/mol. The lowest BCUT2D eigenvalue weighted by molar-refractivity contribution is 0.0765. The van der Waals surface area contributed by atoms with Crippen molar-refractivity contribution < 1.29 is 13.9 Å². The van der Waals surface area contributed by atoms with Crippen LogP contribution in [0.4, 0.5) is 15.8 Å². The molecular formula is C12H14FN3O2. The minimum atomic E-state index is -0.496. The van der Waals surface area contributed by atoms with E-state index in [9.17, 15) is 4.39 Å². The van der Waals surface area contributed by atoms with Gasteiger partial charge in [-0.2, -0.15) is 5.26 Å². The normalized spacial score (nSPS) is 19.4. The van der Waals surface area contributed by atoms with E-state index in [1.807, 2.05) is 4.90 Å². The molecule has 1 atom stereocenters. The number of rotatable bonds is 2. The van der Waals surface area contributed by atoms with E-state index < -0.39 is 11.9 Å². The van der Waals surface area contributed by atoms with Crippen molar-refractivity contribution >= 4 is 11.4 Å². The molecule has 5 nitrogen and oxygen atoms in total. The third kappa shape index (κ3) is 2.31. The van der Waals surface area contributed by atoms with Crippen LogP contribution in [0.5, 0.6) is 5.75 Å². The number of nitrogen functional groups attached to an aromatic ring is 1. The van der Waals surface area contributed by atoms with E-state index in [-0.39, 0.29) is 5.75 Å². The lowest BCUT2D eigenvalue weighted by atomic mass is 10.2. The number of morpholine rings is 1. The van der Waals surface area contributed by atoms with E-state index in [1.165, 1.54) is 13.2 Å². The molecule has 0 aliphatic carbocycles. The Morgan fingerprint density at radius 2 is 2.39 bits per heavy atom. The molecule has 1 aromatic carbocycles. The molecule has 96 valence electrons. The first-order chi connectivity index (χ1) is 8.65. The fourth-order valence-electron chi connectivity index (χ4n) is 1.93. The van der Waals surface area contributed by atoms with Gasteiger partial charge in [0.15, 0.2) is 17.7 Å². The maximum absolute atomic E-state index is 13.4. The van der Waals surface area contributed by atoms with Gasteiger partial charge in [0, 0.05) is 18.7 Å². The van der Waals surface area contributed by atoms with Crippen LogP contribution in [0.15, 0.2) is 12.1 Å². The second kappa shape index (κ2) is 5.10. The first-order valence-electron chi connectivity index (χ1n) is 5.55. The Morgan fingerprint density at radius 1 is 1.61 bits per heavy atom. The van der Waals surface area contributed by atoms with Crippen LogP contribution in [0, 0.1) is 17.1 Å². The third-order valence-corrected chi connectivity index (χ3v) is 2.85. The van der Waals surface area contributed by atoms with Gasteiger partial charge >= 0.3 is 0 Å². The number of hydrogen-bond acceptors (Lipinski definition) is 5. The topological polar surface area (TPSA) is 71.5 Å². The fourth-order valence-corrected chi connectivity index (χ4v) is 1.93. The number of benzene rings is 1. The summed E-state index contributed by atoms with van der Waals surface area (Å²) in [4.78, 5) is 1.90. The van der Waals surface area contributed by atoms with Crippen LogP contribution >= 0.6 is 0 Å². The van der Waals surface area contributed by atoms with Crippen molar-refractivity contribution in [2.45, 2.75) is 6.10 Å². The second-order valence-corrected chi connectivity index (χ2v) is 3.98. The van der Waals surface area contributed by atoms with Crippen LogP contribution in [0.25, 0.3) is 0 Å². The van der Waals surface area contributed by atoms with E-state index in [2.05, 4.69) is 6.07 Å². The Bertz CT molecular complexity index is 487. The average molecular weight is 251 g/mol. The SMILES string of the molecule is COc1cc(N2CCOC(C#N)C2)c(N)cc1F. The monoisotopic (exact) mass is 251 g/mol. The van der Waals surface area contributed by atoms with Gasteiger partial charge < -0.3 is 20.1 Å². The second-order valence-electron chi connectivity index (χ2n) is 3.98. The molecule has 0 amide bonds. The summed E-state index contributed by atoms with van der Waals surface area (Å²) in [6, 6.07) is 4.83. The van der Waals surface area contributed by atoms with Crippen molar-refractivity contribution in [3.8, 4) is 11.8 Å². The molecule has 0 aromatic heterocycles. The lowest BCUT2D eigenvalue weighted by Gasteiger charge is -2.32. The van der Waals surface area contributed by atoms with Crippen LogP contribution in [-0.4, -0.2) is 32.9 Å². The summed E-state index contributed by atoms with van der Waals surface area (Å²) >= 11 is 0. The van der Waals surface area contributed by atoms with Crippen molar-refractivity contribution in [3.05, 3.63) is 17.9 Å². The maximum atomic E-state index is 13.4. The molecular weight excluding hydrogens is 237 g/mol. The number of methoxy groups -OCH3 is 1. The fraction of sp³-hybridized carbons (Fsp3) is 0.417. The molecule has 0 bridgehead atoms. The molecule has 0 spiro atoms. The van der Waals surface area contributed by atoms with Gasteiger partial charge in [0.25, 0.3) is 0 Å². The number of ether oxygens (including phenoxy) is 2. The first kappa shape index (κ1) is 12.5. The molecule has 0 radical (unpaired) electrons. The number of anilines is 2. The van der Waals surface area contributed by atoms with Gasteiger partial charge in [0.05, 0.1) is 37.7 Å². The lowest BCUT2D eigenvalue weighted by Crippen LogP contribution is -2.42. The summed E-state index contributed by atoms with van der Waals surface area (Å²) in [6.45, 7) is 1.46. The standard InChI is InChI=1S/C12H14FN3O2/c1-17-12-5-11(10(15)4-9(12)13)16-2-3-18-8(6-14)7-16/h4-5,8H,2-3,7,15H2,1H3. The average Bonchev–Trinajstić information content (AvgIpc) is 2.39. The highest BCUT2D eigenvalue weighted by Gasteiger charge is 2.22. The number of halogens is 1. The third-order valence-electron chi connectivity index (χ3n) is 2.85. The van der Waals surface area contributed by atoms with Gasteiger partial charge in [0.1, 0.15) is 0 Å². The molecule has 1 heterocycles. The molecule has 0 saturated carbocycles. The molecule has 1 fully saturated rings. The van der Waals surface area contributed by atoms with E-state index in [0.717, 1.165) is 0 Å². The highest BCUT2D eigenvalue weighted by atomic mass is 19.1. The number of nitriles is 1. The zero-order chi connectivity index (χ0) is 13.1. The number of hydrogen-bond donors (Lipinski definition) is 1. The summed E-state index contributed by atoms with van der Waals surface area (Å²) in [5.74, 6) is -0.358. The Balaban J connectivity index is 2.30. The molecule has 1 saturated heterocycles. The largest absolute Gasteiger partial charge is 0.494 e. The smallest absolute Gasteiger partial charge is 0.167 e. The molecule has 2 rings (SSSR count). The molecule has 18 heavy (non-hydrogen) atoms. The molecule has 1 aliphatic heterocycles. The van der Waals surface area contributed by atoms with Crippen molar-refractivity contribution in [2.24, 2.45) is 0 Å². The van der Waals surface area contributed by atoms with Crippen LogP contribution in [0.1, 0.15) is 0 Å². The molecule has 2 N–H and O–H groups in total. The van der Waals surface area contributed by atoms with Crippen LogP contribution in [0.3, 0.4) is 0 Å². The molecule has 6 heteroatoms. The van der Waals surface area contributed by atoms with Gasteiger partial charge in [-0.15, -0.1) is 0 Å².